The molecule has 0 aliphatic carbocycles. The van der Waals surface area contributed by atoms with Crippen LogP contribution in [0.5, 0.6) is 0 Å². The van der Waals surface area contributed by atoms with Gasteiger partial charge in [0.2, 0.25) is 5.91 Å². The van der Waals surface area contributed by atoms with E-state index in [4.69, 9.17) is 4.74 Å². The van der Waals surface area contributed by atoms with Gasteiger partial charge in [0.25, 0.3) is 0 Å². The van der Waals surface area contributed by atoms with Crippen molar-refractivity contribution in [3.8, 4) is 0 Å². The molecule has 1 heterocycles. The number of anilines is 1. The molecule has 0 aromatic heterocycles. The summed E-state index contributed by atoms with van der Waals surface area (Å²) in [5, 5.41) is 12.5. The highest BCUT2D eigenvalue weighted by Crippen LogP contribution is 2.34. The fourth-order valence-corrected chi connectivity index (χ4v) is 4.74. The minimum Gasteiger partial charge on any atom is -0.480 e. The largest absolute Gasteiger partial charge is 0.480 e. The topological polar surface area (TPSA) is 95.9 Å². The summed E-state index contributed by atoms with van der Waals surface area (Å²) in [6.07, 6.45) is 7.20. The van der Waals surface area contributed by atoms with Crippen LogP contribution >= 0.6 is 11.8 Å². The SMILES string of the molecule is CCCCCCCC[C@@H](NC1CSc2ccccc2N(CC(=O)O)C1=O)C(=O)OCC. The summed E-state index contributed by atoms with van der Waals surface area (Å²) in [4.78, 5) is 39.3. The van der Waals surface area contributed by atoms with E-state index in [9.17, 15) is 19.5 Å². The van der Waals surface area contributed by atoms with Crippen molar-refractivity contribution in [1.82, 2.24) is 5.32 Å². The number of carboxylic acid groups (broad SMARTS) is 1. The van der Waals surface area contributed by atoms with Gasteiger partial charge in [-0.3, -0.25) is 24.6 Å². The maximum Gasteiger partial charge on any atom is 0.323 e. The lowest BCUT2D eigenvalue weighted by molar-refractivity contribution is -0.146. The summed E-state index contributed by atoms with van der Waals surface area (Å²) < 4.78 is 5.23. The van der Waals surface area contributed by atoms with Crippen LogP contribution in [0.15, 0.2) is 29.2 Å². The molecule has 1 amide bonds. The third kappa shape index (κ3) is 7.85. The van der Waals surface area contributed by atoms with Crippen molar-refractivity contribution < 1.29 is 24.2 Å². The first-order valence-electron chi connectivity index (χ1n) is 11.2. The van der Waals surface area contributed by atoms with Gasteiger partial charge in [0.15, 0.2) is 0 Å². The molecule has 2 N–H and O–H groups in total. The summed E-state index contributed by atoms with van der Waals surface area (Å²) in [6, 6.07) is 6.02. The average Bonchev–Trinajstić information content (AvgIpc) is 2.87. The Balaban J connectivity index is 2.10. The zero-order valence-electron chi connectivity index (χ0n) is 18.5. The van der Waals surface area contributed by atoms with E-state index < -0.39 is 24.6 Å². The number of carbonyl (C=O) groups excluding carboxylic acids is 2. The van der Waals surface area contributed by atoms with Crippen LogP contribution in [-0.2, 0) is 19.1 Å². The van der Waals surface area contributed by atoms with Gasteiger partial charge in [-0.25, -0.2) is 0 Å². The van der Waals surface area contributed by atoms with Crippen LogP contribution in [-0.4, -0.2) is 53.9 Å². The molecule has 1 aromatic carbocycles. The van der Waals surface area contributed by atoms with E-state index in [1.54, 1.807) is 19.1 Å². The Morgan fingerprint density at radius 3 is 2.61 bits per heavy atom. The second-order valence-corrected chi connectivity index (χ2v) is 8.74. The van der Waals surface area contributed by atoms with Gasteiger partial charge in [0.1, 0.15) is 12.6 Å². The monoisotopic (exact) mass is 450 g/mol. The number of benzene rings is 1. The van der Waals surface area contributed by atoms with E-state index in [0.29, 0.717) is 17.9 Å². The van der Waals surface area contributed by atoms with E-state index in [1.807, 2.05) is 12.1 Å². The van der Waals surface area contributed by atoms with Crippen LogP contribution in [0.1, 0.15) is 58.8 Å². The zero-order chi connectivity index (χ0) is 22.6. The van der Waals surface area contributed by atoms with E-state index in [1.165, 1.54) is 35.9 Å². The number of hydrogen-bond acceptors (Lipinski definition) is 6. The lowest BCUT2D eigenvalue weighted by Crippen LogP contribution is -2.54. The van der Waals surface area contributed by atoms with Crippen LogP contribution in [0.2, 0.25) is 0 Å². The number of nitrogens with one attached hydrogen (secondary N) is 1. The fraction of sp³-hybridized carbons (Fsp3) is 0.609. The molecule has 0 saturated heterocycles. The first-order valence-corrected chi connectivity index (χ1v) is 12.1. The second kappa shape index (κ2) is 13.4. The highest BCUT2D eigenvalue weighted by Gasteiger charge is 2.34. The number of fused-ring (bicyclic) bond motifs is 1. The predicted octanol–water partition coefficient (Wildman–Crippen LogP) is 3.85. The van der Waals surface area contributed by atoms with Crippen LogP contribution in [0, 0.1) is 0 Å². The van der Waals surface area contributed by atoms with E-state index in [-0.39, 0.29) is 18.5 Å². The Hall–Kier alpha value is -2.06. The third-order valence-electron chi connectivity index (χ3n) is 5.24. The lowest BCUT2D eigenvalue weighted by atomic mass is 10.0. The minimum atomic E-state index is -1.08. The molecule has 8 heteroatoms. The summed E-state index contributed by atoms with van der Waals surface area (Å²) in [7, 11) is 0. The highest BCUT2D eigenvalue weighted by atomic mass is 32.2. The molecule has 2 rings (SSSR count). The van der Waals surface area contributed by atoms with Gasteiger partial charge >= 0.3 is 11.9 Å². The van der Waals surface area contributed by atoms with Crippen molar-refractivity contribution in [1.29, 1.82) is 0 Å². The minimum absolute atomic E-state index is 0.275. The number of ether oxygens (including phenoxy) is 1. The number of carbonyl (C=O) groups is 3. The number of hydrogen-bond donors (Lipinski definition) is 2. The maximum absolute atomic E-state index is 13.2. The molecule has 0 saturated carbocycles. The van der Waals surface area contributed by atoms with Crippen LogP contribution < -0.4 is 10.2 Å². The van der Waals surface area contributed by atoms with Gasteiger partial charge in [-0.2, -0.15) is 0 Å². The third-order valence-corrected chi connectivity index (χ3v) is 6.40. The van der Waals surface area contributed by atoms with Gasteiger partial charge in [0, 0.05) is 10.6 Å². The summed E-state index contributed by atoms with van der Waals surface area (Å²) in [5.74, 6) is -1.36. The Labute approximate surface area is 188 Å². The van der Waals surface area contributed by atoms with Crippen molar-refractivity contribution in [2.45, 2.75) is 75.8 Å². The van der Waals surface area contributed by atoms with Gasteiger partial charge in [0.05, 0.1) is 18.3 Å². The number of carboxylic acids is 1. The molecule has 1 aliphatic heterocycles. The molecule has 1 unspecified atom stereocenters. The highest BCUT2D eigenvalue weighted by molar-refractivity contribution is 7.99. The zero-order valence-corrected chi connectivity index (χ0v) is 19.3. The van der Waals surface area contributed by atoms with E-state index in [2.05, 4.69) is 12.2 Å². The Bertz CT molecular complexity index is 742. The molecule has 1 aromatic rings. The average molecular weight is 451 g/mol. The number of para-hydroxylation sites is 1. The van der Waals surface area contributed by atoms with E-state index in [0.717, 1.165) is 24.2 Å². The summed E-state index contributed by atoms with van der Waals surface area (Å²) in [6.45, 7) is 3.79. The molecular weight excluding hydrogens is 416 g/mol. The van der Waals surface area contributed by atoms with Crippen molar-refractivity contribution in [2.24, 2.45) is 0 Å². The smallest absolute Gasteiger partial charge is 0.323 e. The van der Waals surface area contributed by atoms with Gasteiger partial charge in [-0.05, 0) is 25.5 Å². The number of amides is 1. The number of thioether (sulfide) groups is 1. The number of unbranched alkanes of at least 4 members (excludes halogenated alkanes) is 5. The number of aliphatic carboxylic acids is 1. The molecule has 31 heavy (non-hydrogen) atoms. The molecule has 172 valence electrons. The van der Waals surface area contributed by atoms with Crippen molar-refractivity contribution in [3.05, 3.63) is 24.3 Å². The summed E-state index contributed by atoms with van der Waals surface area (Å²) in [5.41, 5.74) is 0.591. The maximum atomic E-state index is 13.2. The molecular formula is C23H34N2O5S. The normalized spacial score (nSPS) is 17.0. The number of rotatable bonds is 13. The second-order valence-electron chi connectivity index (χ2n) is 7.68. The van der Waals surface area contributed by atoms with E-state index >= 15 is 0 Å². The van der Waals surface area contributed by atoms with Crippen LogP contribution in [0.3, 0.4) is 0 Å². The van der Waals surface area contributed by atoms with Crippen molar-refractivity contribution in [3.63, 3.8) is 0 Å². The number of esters is 1. The Kier molecular flexibility index (Phi) is 10.9. The molecule has 1 aliphatic rings. The van der Waals surface area contributed by atoms with Crippen molar-refractivity contribution >= 4 is 35.3 Å². The Morgan fingerprint density at radius 2 is 1.90 bits per heavy atom. The molecule has 0 bridgehead atoms. The molecule has 0 spiro atoms. The van der Waals surface area contributed by atoms with Gasteiger partial charge < -0.3 is 9.84 Å². The fourth-order valence-electron chi connectivity index (χ4n) is 3.65. The standard InChI is InChI=1S/C23H34N2O5S/c1-3-5-6-7-8-9-12-17(23(29)30-4-2)24-18-16-31-20-14-11-10-13-19(20)25(22(18)28)15-21(26)27/h10-11,13-14,17-18,24H,3-9,12,15-16H2,1-2H3,(H,26,27)/t17-,18?/m1/s1. The van der Waals surface area contributed by atoms with Crippen LogP contribution in [0.25, 0.3) is 0 Å². The van der Waals surface area contributed by atoms with Crippen LogP contribution in [0.4, 0.5) is 5.69 Å². The van der Waals surface area contributed by atoms with Crippen molar-refractivity contribution in [2.75, 3.05) is 23.8 Å². The van der Waals surface area contributed by atoms with Gasteiger partial charge in [-0.15, -0.1) is 11.8 Å². The summed E-state index contributed by atoms with van der Waals surface area (Å²) >= 11 is 1.49. The molecule has 7 nitrogen and oxygen atoms in total. The molecule has 0 fully saturated rings. The predicted molar refractivity (Wildman–Crippen MR) is 122 cm³/mol. The quantitative estimate of drug-likeness (QED) is 0.348. The first kappa shape index (κ1) is 25.2. The Morgan fingerprint density at radius 1 is 1.19 bits per heavy atom. The first-order chi connectivity index (χ1) is 15.0. The molecule has 2 atom stereocenters. The number of nitrogens with zero attached hydrogens (tertiary/aromatic N) is 1. The molecule has 0 radical (unpaired) electrons. The van der Waals surface area contributed by atoms with Gasteiger partial charge in [-0.1, -0.05) is 57.6 Å². The lowest BCUT2D eigenvalue weighted by Gasteiger charge is -2.27.